The molecule has 0 bridgehead atoms. The molecule has 0 heterocycles. The highest BCUT2D eigenvalue weighted by atomic mass is 79.9. The Morgan fingerprint density at radius 1 is 1.46 bits per heavy atom. The van der Waals surface area contributed by atoms with E-state index in [9.17, 15) is 4.39 Å². The molecule has 1 aromatic rings. The molecule has 1 nitrogen and oxygen atoms in total. The van der Waals surface area contributed by atoms with E-state index in [0.29, 0.717) is 17.5 Å². The lowest BCUT2D eigenvalue weighted by Gasteiger charge is -2.14. The third-order valence-corrected chi connectivity index (χ3v) is 2.35. The van der Waals surface area contributed by atoms with Gasteiger partial charge in [0.2, 0.25) is 0 Å². The van der Waals surface area contributed by atoms with E-state index in [0.717, 1.165) is 0 Å². The summed E-state index contributed by atoms with van der Waals surface area (Å²) < 4.78 is 18.6. The molecule has 0 aliphatic heterocycles. The van der Waals surface area contributed by atoms with E-state index in [-0.39, 0.29) is 11.9 Å². The Bertz CT molecular complexity index is 265. The van der Waals surface area contributed by atoms with Crippen LogP contribution >= 0.6 is 15.9 Å². The second-order valence-corrected chi connectivity index (χ2v) is 3.27. The van der Waals surface area contributed by atoms with E-state index in [1.807, 2.05) is 13.0 Å². The van der Waals surface area contributed by atoms with Crippen LogP contribution < -0.4 is 0 Å². The first-order chi connectivity index (χ1) is 6.29. The molecule has 1 unspecified atom stereocenters. The van der Waals surface area contributed by atoms with Gasteiger partial charge < -0.3 is 4.74 Å². The number of halogens is 2. The number of ether oxygens (including phenoxy) is 1. The van der Waals surface area contributed by atoms with Crippen molar-refractivity contribution < 1.29 is 9.13 Å². The molecule has 72 valence electrons. The van der Waals surface area contributed by atoms with Crippen molar-refractivity contribution in [2.75, 3.05) is 11.9 Å². The monoisotopic (exact) mass is 246 g/mol. The molecule has 3 heteroatoms. The molecule has 1 atom stereocenters. The molecule has 13 heavy (non-hydrogen) atoms. The average molecular weight is 247 g/mol. The number of hydrogen-bond donors (Lipinski definition) is 0. The van der Waals surface area contributed by atoms with Crippen LogP contribution in [0.4, 0.5) is 4.39 Å². The summed E-state index contributed by atoms with van der Waals surface area (Å²) in [5.41, 5.74) is 0.612. The molecule has 0 radical (unpaired) electrons. The zero-order chi connectivity index (χ0) is 9.68. The summed E-state index contributed by atoms with van der Waals surface area (Å²) in [6, 6.07) is 6.68. The Labute approximate surface area is 86.0 Å². The lowest BCUT2D eigenvalue weighted by atomic mass is 10.1. The first kappa shape index (κ1) is 10.7. The molecule has 0 spiro atoms. The van der Waals surface area contributed by atoms with Crippen LogP contribution in [0.1, 0.15) is 18.6 Å². The Balaban J connectivity index is 2.84. The van der Waals surface area contributed by atoms with Crippen LogP contribution in [-0.4, -0.2) is 11.9 Å². The number of benzene rings is 1. The maximum Gasteiger partial charge on any atom is 0.129 e. The summed E-state index contributed by atoms with van der Waals surface area (Å²) in [7, 11) is 0. The maximum atomic E-state index is 13.2. The Morgan fingerprint density at radius 2 is 2.15 bits per heavy atom. The largest absolute Gasteiger partial charge is 0.373 e. The lowest BCUT2D eigenvalue weighted by molar-refractivity contribution is 0.0781. The van der Waals surface area contributed by atoms with Gasteiger partial charge in [-0.2, -0.15) is 0 Å². The minimum Gasteiger partial charge on any atom is -0.373 e. The third-order valence-electron chi connectivity index (χ3n) is 1.76. The summed E-state index contributed by atoms with van der Waals surface area (Å²) in [5, 5.41) is 0.613. The van der Waals surface area contributed by atoms with E-state index in [1.54, 1.807) is 12.1 Å². The predicted molar refractivity (Wildman–Crippen MR) is 54.6 cm³/mol. The average Bonchev–Trinajstić information content (AvgIpc) is 2.16. The van der Waals surface area contributed by atoms with Gasteiger partial charge in [0.05, 0.1) is 6.10 Å². The summed E-state index contributed by atoms with van der Waals surface area (Å²) in [4.78, 5) is 0. The van der Waals surface area contributed by atoms with Crippen LogP contribution in [0.15, 0.2) is 24.3 Å². The second kappa shape index (κ2) is 5.35. The van der Waals surface area contributed by atoms with E-state index < -0.39 is 0 Å². The molecule has 0 saturated carbocycles. The molecular weight excluding hydrogens is 235 g/mol. The standard InChI is InChI=1S/C10H12BrFO/c1-2-13-10(7-11)8-5-3-4-6-9(8)12/h3-6,10H,2,7H2,1H3. The molecule has 0 aliphatic carbocycles. The van der Waals surface area contributed by atoms with Gasteiger partial charge in [-0.15, -0.1) is 0 Å². The van der Waals surface area contributed by atoms with E-state index in [4.69, 9.17) is 4.74 Å². The normalized spacial score (nSPS) is 12.8. The Morgan fingerprint density at radius 3 is 2.69 bits per heavy atom. The quantitative estimate of drug-likeness (QED) is 0.742. The van der Waals surface area contributed by atoms with E-state index in [2.05, 4.69) is 15.9 Å². The Kier molecular flexibility index (Phi) is 4.39. The predicted octanol–water partition coefficient (Wildman–Crippen LogP) is 3.30. The van der Waals surface area contributed by atoms with Gasteiger partial charge >= 0.3 is 0 Å². The molecule has 0 aromatic heterocycles. The summed E-state index contributed by atoms with van der Waals surface area (Å²) in [6.07, 6.45) is -0.189. The van der Waals surface area contributed by atoms with Crippen molar-refractivity contribution in [1.82, 2.24) is 0 Å². The van der Waals surface area contributed by atoms with Crippen molar-refractivity contribution in [2.24, 2.45) is 0 Å². The third kappa shape index (κ3) is 2.78. The van der Waals surface area contributed by atoms with Crippen LogP contribution in [0.5, 0.6) is 0 Å². The molecule has 1 aromatic carbocycles. The summed E-state index contributed by atoms with van der Waals surface area (Å²) >= 11 is 3.30. The van der Waals surface area contributed by atoms with Crippen LogP contribution in [0.3, 0.4) is 0 Å². The second-order valence-electron chi connectivity index (χ2n) is 2.62. The molecule has 0 saturated heterocycles. The van der Waals surface area contributed by atoms with Gasteiger partial charge in [0.25, 0.3) is 0 Å². The fourth-order valence-corrected chi connectivity index (χ4v) is 1.69. The molecule has 0 fully saturated rings. The van der Waals surface area contributed by atoms with Crippen LogP contribution in [0, 0.1) is 5.82 Å². The van der Waals surface area contributed by atoms with Gasteiger partial charge in [-0.05, 0) is 13.0 Å². The van der Waals surface area contributed by atoms with Gasteiger partial charge in [-0.25, -0.2) is 4.39 Å². The fraction of sp³-hybridized carbons (Fsp3) is 0.400. The molecule has 0 amide bonds. The van der Waals surface area contributed by atoms with Gasteiger partial charge in [0.1, 0.15) is 5.82 Å². The summed E-state index contributed by atoms with van der Waals surface area (Å²) in [6.45, 7) is 2.49. The topological polar surface area (TPSA) is 9.23 Å². The van der Waals surface area contributed by atoms with Crippen LogP contribution in [0.2, 0.25) is 0 Å². The van der Waals surface area contributed by atoms with Gasteiger partial charge in [-0.3, -0.25) is 0 Å². The number of alkyl halides is 1. The van der Waals surface area contributed by atoms with Crippen molar-refractivity contribution in [3.63, 3.8) is 0 Å². The van der Waals surface area contributed by atoms with Crippen molar-refractivity contribution in [2.45, 2.75) is 13.0 Å². The highest BCUT2D eigenvalue weighted by Gasteiger charge is 2.13. The number of hydrogen-bond acceptors (Lipinski definition) is 1. The molecular formula is C10H12BrFO. The zero-order valence-corrected chi connectivity index (χ0v) is 9.05. The van der Waals surface area contributed by atoms with Crippen molar-refractivity contribution in [3.8, 4) is 0 Å². The van der Waals surface area contributed by atoms with Crippen LogP contribution in [0.25, 0.3) is 0 Å². The van der Waals surface area contributed by atoms with E-state index >= 15 is 0 Å². The minimum absolute atomic E-state index is 0.189. The van der Waals surface area contributed by atoms with Crippen molar-refractivity contribution >= 4 is 15.9 Å². The maximum absolute atomic E-state index is 13.2. The highest BCUT2D eigenvalue weighted by molar-refractivity contribution is 9.09. The first-order valence-electron chi connectivity index (χ1n) is 4.21. The first-order valence-corrected chi connectivity index (χ1v) is 5.33. The summed E-state index contributed by atoms with van der Waals surface area (Å²) in [5.74, 6) is -0.208. The highest BCUT2D eigenvalue weighted by Crippen LogP contribution is 2.22. The number of rotatable bonds is 4. The lowest BCUT2D eigenvalue weighted by Crippen LogP contribution is -2.07. The smallest absolute Gasteiger partial charge is 0.129 e. The van der Waals surface area contributed by atoms with Gasteiger partial charge in [-0.1, -0.05) is 34.1 Å². The van der Waals surface area contributed by atoms with Crippen LogP contribution in [-0.2, 0) is 4.74 Å². The molecule has 1 rings (SSSR count). The Hall–Kier alpha value is -0.410. The SMILES string of the molecule is CCOC(CBr)c1ccccc1F. The fourth-order valence-electron chi connectivity index (χ4n) is 1.15. The van der Waals surface area contributed by atoms with Crippen molar-refractivity contribution in [3.05, 3.63) is 35.6 Å². The van der Waals surface area contributed by atoms with Gasteiger partial charge in [0, 0.05) is 17.5 Å². The molecule has 0 N–H and O–H groups in total. The van der Waals surface area contributed by atoms with Gasteiger partial charge in [0.15, 0.2) is 0 Å². The van der Waals surface area contributed by atoms with Crippen molar-refractivity contribution in [1.29, 1.82) is 0 Å². The zero-order valence-electron chi connectivity index (χ0n) is 7.47. The molecule has 0 aliphatic rings. The minimum atomic E-state index is -0.208. The van der Waals surface area contributed by atoms with E-state index in [1.165, 1.54) is 6.07 Å².